The van der Waals surface area contributed by atoms with Crippen LogP contribution in [0, 0.1) is 0 Å². The number of pyridine rings is 1. The lowest BCUT2D eigenvalue weighted by atomic mass is 10.0. The van der Waals surface area contributed by atoms with E-state index in [1.54, 1.807) is 13.1 Å². The van der Waals surface area contributed by atoms with Gasteiger partial charge in [-0.15, -0.1) is 0 Å². The van der Waals surface area contributed by atoms with Crippen molar-refractivity contribution >= 4 is 17.7 Å². The van der Waals surface area contributed by atoms with Crippen molar-refractivity contribution < 1.29 is 14.7 Å². The molecule has 2 N–H and O–H groups in total. The molecule has 1 amide bonds. The number of amides is 1. The van der Waals surface area contributed by atoms with Gasteiger partial charge in [0.25, 0.3) is 0 Å². The molecule has 0 aromatic carbocycles. The summed E-state index contributed by atoms with van der Waals surface area (Å²) in [5.41, 5.74) is 0.150. The summed E-state index contributed by atoms with van der Waals surface area (Å²) in [6.07, 6.45) is 4.15. The van der Waals surface area contributed by atoms with Crippen LogP contribution in [0.3, 0.4) is 0 Å². The fourth-order valence-electron chi connectivity index (χ4n) is 2.33. The molecule has 0 saturated carbocycles. The van der Waals surface area contributed by atoms with Gasteiger partial charge in [-0.2, -0.15) is 0 Å². The molecule has 1 aromatic rings. The van der Waals surface area contributed by atoms with Gasteiger partial charge in [-0.1, -0.05) is 0 Å². The Morgan fingerprint density at radius 3 is 2.79 bits per heavy atom. The highest BCUT2D eigenvalue weighted by Gasteiger charge is 2.28. The van der Waals surface area contributed by atoms with Crippen LogP contribution in [0.15, 0.2) is 18.3 Å². The van der Waals surface area contributed by atoms with Gasteiger partial charge < -0.3 is 15.3 Å². The van der Waals surface area contributed by atoms with Crippen LogP contribution in [-0.4, -0.2) is 41.6 Å². The molecule has 1 atom stereocenters. The predicted molar refractivity (Wildman–Crippen MR) is 70.2 cm³/mol. The normalized spacial score (nSPS) is 19.0. The maximum atomic E-state index is 11.9. The van der Waals surface area contributed by atoms with Crippen molar-refractivity contribution in [2.75, 3.05) is 18.5 Å². The average Bonchev–Trinajstić information content (AvgIpc) is 2.46. The Kier molecular flexibility index (Phi) is 3.99. The second-order valence-corrected chi connectivity index (χ2v) is 4.53. The molecule has 1 aliphatic rings. The second-order valence-electron chi connectivity index (χ2n) is 4.53. The molecule has 6 heteroatoms. The molecular weight excluding hydrogens is 246 g/mol. The van der Waals surface area contributed by atoms with E-state index in [0.717, 1.165) is 25.8 Å². The number of carboxylic acids is 1. The van der Waals surface area contributed by atoms with Gasteiger partial charge in [0.2, 0.25) is 5.91 Å². The van der Waals surface area contributed by atoms with Crippen molar-refractivity contribution in [2.45, 2.75) is 25.3 Å². The number of carbonyl (C=O) groups excluding carboxylic acids is 1. The van der Waals surface area contributed by atoms with Gasteiger partial charge >= 0.3 is 5.97 Å². The lowest BCUT2D eigenvalue weighted by Gasteiger charge is -2.35. The minimum absolute atomic E-state index is 0.0242. The number of rotatable bonds is 3. The van der Waals surface area contributed by atoms with E-state index in [1.165, 1.54) is 12.3 Å². The van der Waals surface area contributed by atoms with Crippen LogP contribution in [-0.2, 0) is 4.79 Å². The molecule has 6 nitrogen and oxygen atoms in total. The topological polar surface area (TPSA) is 82.5 Å². The van der Waals surface area contributed by atoms with Gasteiger partial charge in [-0.3, -0.25) is 4.79 Å². The largest absolute Gasteiger partial charge is 0.478 e. The van der Waals surface area contributed by atoms with E-state index < -0.39 is 5.97 Å². The molecule has 0 aliphatic carbocycles. The van der Waals surface area contributed by atoms with E-state index in [9.17, 15) is 9.59 Å². The van der Waals surface area contributed by atoms with Gasteiger partial charge in [-0.25, -0.2) is 9.78 Å². The van der Waals surface area contributed by atoms with Crippen LogP contribution in [0.2, 0.25) is 0 Å². The predicted octanol–water partition coefficient (Wildman–Crippen LogP) is 0.885. The zero-order valence-electron chi connectivity index (χ0n) is 10.8. The van der Waals surface area contributed by atoms with Crippen LogP contribution in [0.1, 0.15) is 29.6 Å². The monoisotopic (exact) mass is 263 g/mol. The third-order valence-electron chi connectivity index (χ3n) is 3.34. The molecule has 102 valence electrons. The minimum atomic E-state index is -0.999. The summed E-state index contributed by atoms with van der Waals surface area (Å²) in [6, 6.07) is 2.95. The van der Waals surface area contributed by atoms with E-state index >= 15 is 0 Å². The number of nitrogens with one attached hydrogen (secondary N) is 1. The fraction of sp³-hybridized carbons (Fsp3) is 0.462. The van der Waals surface area contributed by atoms with Crippen LogP contribution >= 0.6 is 0 Å². The second kappa shape index (κ2) is 5.69. The minimum Gasteiger partial charge on any atom is -0.478 e. The first-order valence-electron chi connectivity index (χ1n) is 6.31. The Balaban J connectivity index is 2.22. The molecule has 19 heavy (non-hydrogen) atoms. The molecule has 1 aliphatic heterocycles. The fourth-order valence-corrected chi connectivity index (χ4v) is 2.33. The van der Waals surface area contributed by atoms with Crippen molar-refractivity contribution in [1.82, 2.24) is 10.3 Å². The summed E-state index contributed by atoms with van der Waals surface area (Å²) < 4.78 is 0. The zero-order chi connectivity index (χ0) is 13.8. The van der Waals surface area contributed by atoms with E-state index in [-0.39, 0.29) is 17.5 Å². The Morgan fingerprint density at radius 2 is 2.21 bits per heavy atom. The lowest BCUT2D eigenvalue weighted by molar-refractivity contribution is -0.122. The van der Waals surface area contributed by atoms with Crippen molar-refractivity contribution in [3.05, 3.63) is 23.9 Å². The Morgan fingerprint density at radius 1 is 1.42 bits per heavy atom. The van der Waals surface area contributed by atoms with Crippen molar-refractivity contribution in [3.63, 3.8) is 0 Å². The molecular formula is C13H17N3O3. The SMILES string of the molecule is CNC(=O)C1CCCCN1c1ccc(C(=O)O)cn1. The highest BCUT2D eigenvalue weighted by molar-refractivity contribution is 5.88. The van der Waals surface area contributed by atoms with E-state index in [1.807, 2.05) is 4.90 Å². The first kappa shape index (κ1) is 13.3. The Bertz CT molecular complexity index is 473. The van der Waals surface area contributed by atoms with E-state index in [4.69, 9.17) is 5.11 Å². The quantitative estimate of drug-likeness (QED) is 0.846. The number of piperidine rings is 1. The van der Waals surface area contributed by atoms with Crippen LogP contribution in [0.25, 0.3) is 0 Å². The molecule has 0 bridgehead atoms. The molecule has 1 fully saturated rings. The van der Waals surface area contributed by atoms with E-state index in [2.05, 4.69) is 10.3 Å². The van der Waals surface area contributed by atoms with Crippen molar-refractivity contribution in [3.8, 4) is 0 Å². The molecule has 1 unspecified atom stereocenters. The van der Waals surface area contributed by atoms with Crippen molar-refractivity contribution in [2.24, 2.45) is 0 Å². The molecule has 0 radical (unpaired) electrons. The van der Waals surface area contributed by atoms with Crippen LogP contribution in [0.4, 0.5) is 5.82 Å². The summed E-state index contributed by atoms with van der Waals surface area (Å²) >= 11 is 0. The molecule has 2 heterocycles. The zero-order valence-corrected chi connectivity index (χ0v) is 10.8. The molecule has 2 rings (SSSR count). The number of aromatic nitrogens is 1. The smallest absolute Gasteiger partial charge is 0.337 e. The molecule has 1 aromatic heterocycles. The number of likely N-dealkylation sites (N-methyl/N-ethyl adjacent to an activating group) is 1. The van der Waals surface area contributed by atoms with Crippen LogP contribution < -0.4 is 10.2 Å². The first-order valence-corrected chi connectivity index (χ1v) is 6.31. The highest BCUT2D eigenvalue weighted by Crippen LogP contribution is 2.23. The Hall–Kier alpha value is -2.11. The van der Waals surface area contributed by atoms with Gasteiger partial charge in [-0.05, 0) is 31.4 Å². The lowest BCUT2D eigenvalue weighted by Crippen LogP contribution is -2.49. The summed E-state index contributed by atoms with van der Waals surface area (Å²) in [5, 5.41) is 11.5. The summed E-state index contributed by atoms with van der Waals surface area (Å²) in [6.45, 7) is 0.761. The third-order valence-corrected chi connectivity index (χ3v) is 3.34. The van der Waals surface area contributed by atoms with Gasteiger partial charge in [0.1, 0.15) is 11.9 Å². The number of hydrogen-bond donors (Lipinski definition) is 2. The van der Waals surface area contributed by atoms with Gasteiger partial charge in [0, 0.05) is 19.8 Å². The number of aromatic carboxylic acids is 1. The number of hydrogen-bond acceptors (Lipinski definition) is 4. The third kappa shape index (κ3) is 2.83. The maximum absolute atomic E-state index is 11.9. The number of nitrogens with zero attached hydrogens (tertiary/aromatic N) is 2. The van der Waals surface area contributed by atoms with Gasteiger partial charge in [0.05, 0.1) is 5.56 Å². The number of carbonyl (C=O) groups is 2. The first-order chi connectivity index (χ1) is 9.13. The summed E-state index contributed by atoms with van der Waals surface area (Å²) in [7, 11) is 1.62. The standard InChI is InChI=1S/C13H17N3O3/c1-14-12(17)10-4-2-3-7-16(10)11-6-5-9(8-15-11)13(18)19/h5-6,8,10H,2-4,7H2,1H3,(H,14,17)(H,18,19). The van der Waals surface area contributed by atoms with Crippen LogP contribution in [0.5, 0.6) is 0 Å². The van der Waals surface area contributed by atoms with Crippen molar-refractivity contribution in [1.29, 1.82) is 0 Å². The van der Waals surface area contributed by atoms with E-state index in [0.29, 0.717) is 5.82 Å². The highest BCUT2D eigenvalue weighted by atomic mass is 16.4. The number of carboxylic acid groups (broad SMARTS) is 1. The Labute approximate surface area is 111 Å². The maximum Gasteiger partial charge on any atom is 0.337 e. The summed E-state index contributed by atoms with van der Waals surface area (Å²) in [5.74, 6) is -0.373. The molecule has 0 spiro atoms. The van der Waals surface area contributed by atoms with Gasteiger partial charge in [0.15, 0.2) is 0 Å². The molecule has 1 saturated heterocycles. The number of anilines is 1. The average molecular weight is 263 g/mol. The summed E-state index contributed by atoms with van der Waals surface area (Å²) in [4.78, 5) is 28.7.